The molecule has 0 fully saturated rings. The van der Waals surface area contributed by atoms with Crippen LogP contribution in [0.3, 0.4) is 0 Å². The third-order valence-corrected chi connectivity index (χ3v) is 4.13. The molecule has 0 aliphatic rings. The fraction of sp³-hybridized carbons (Fsp3) is 0.312. The van der Waals surface area contributed by atoms with Gasteiger partial charge in [-0.25, -0.2) is 0 Å². The monoisotopic (exact) mass is 288 g/mol. The lowest BCUT2D eigenvalue weighted by atomic mass is 10.2. The average molecular weight is 288 g/mol. The molecule has 1 amide bonds. The van der Waals surface area contributed by atoms with Crippen molar-refractivity contribution in [3.8, 4) is 0 Å². The normalized spacial score (nSPS) is 10.3. The van der Waals surface area contributed by atoms with Crippen LogP contribution in [0.1, 0.15) is 34.1 Å². The van der Waals surface area contributed by atoms with Crippen molar-refractivity contribution in [1.82, 2.24) is 5.32 Å². The zero-order valence-electron chi connectivity index (χ0n) is 11.9. The van der Waals surface area contributed by atoms with Crippen LogP contribution in [0, 0.1) is 6.92 Å². The Bertz CT molecular complexity index is 560. The minimum atomic E-state index is -0.0279. The second-order valence-electron chi connectivity index (χ2n) is 4.71. The van der Waals surface area contributed by atoms with Crippen LogP contribution in [0.25, 0.3) is 0 Å². The zero-order chi connectivity index (χ0) is 14.4. The highest BCUT2D eigenvalue weighted by Gasteiger charge is 2.06. The predicted molar refractivity (Wildman–Crippen MR) is 85.4 cm³/mol. The Kier molecular flexibility index (Phi) is 5.18. The number of thiophene rings is 1. The molecule has 4 heteroatoms. The fourth-order valence-corrected chi connectivity index (χ4v) is 2.70. The number of nitrogens with one attached hydrogen (secondary N) is 2. The molecular formula is C16H20N2OS. The van der Waals surface area contributed by atoms with Crippen LogP contribution in [0.4, 0.5) is 5.69 Å². The minimum absolute atomic E-state index is 0.0279. The van der Waals surface area contributed by atoms with Crippen LogP contribution >= 0.6 is 11.3 Å². The van der Waals surface area contributed by atoms with E-state index in [1.54, 1.807) is 11.3 Å². The lowest BCUT2D eigenvalue weighted by Gasteiger charge is -2.07. The molecule has 0 spiro atoms. The molecule has 0 radical (unpaired) electrons. The highest BCUT2D eigenvalue weighted by Crippen LogP contribution is 2.15. The number of carbonyl (C=O) groups is 1. The Hall–Kier alpha value is -1.81. The van der Waals surface area contributed by atoms with Crippen LogP contribution in [-0.2, 0) is 6.54 Å². The summed E-state index contributed by atoms with van der Waals surface area (Å²) in [5.74, 6) is -0.0279. The van der Waals surface area contributed by atoms with Crippen LogP contribution in [-0.4, -0.2) is 12.5 Å². The Morgan fingerprint density at radius 1 is 1.20 bits per heavy atom. The maximum Gasteiger partial charge on any atom is 0.251 e. The van der Waals surface area contributed by atoms with Crippen LogP contribution in [0.15, 0.2) is 35.7 Å². The molecule has 0 bridgehead atoms. The lowest BCUT2D eigenvalue weighted by Crippen LogP contribution is -2.22. The standard InChI is InChI=1S/C16H20N2OS/c1-3-9-17-14-6-4-13(5-7-14)16(19)18-11-15-12(2)8-10-20-15/h4-8,10,17H,3,9,11H2,1-2H3,(H,18,19). The highest BCUT2D eigenvalue weighted by molar-refractivity contribution is 7.10. The third kappa shape index (κ3) is 3.84. The van der Waals surface area contributed by atoms with E-state index < -0.39 is 0 Å². The van der Waals surface area contributed by atoms with Crippen molar-refractivity contribution in [2.45, 2.75) is 26.8 Å². The summed E-state index contributed by atoms with van der Waals surface area (Å²) in [5, 5.41) is 8.29. The van der Waals surface area contributed by atoms with Gasteiger partial charge in [-0.1, -0.05) is 6.92 Å². The minimum Gasteiger partial charge on any atom is -0.385 e. The van der Waals surface area contributed by atoms with Crippen molar-refractivity contribution in [2.75, 3.05) is 11.9 Å². The molecule has 0 aliphatic heterocycles. The summed E-state index contributed by atoms with van der Waals surface area (Å²) in [5.41, 5.74) is 2.98. The van der Waals surface area contributed by atoms with E-state index in [-0.39, 0.29) is 5.91 Å². The van der Waals surface area contributed by atoms with Gasteiger partial charge in [0.05, 0.1) is 6.54 Å². The first-order valence-electron chi connectivity index (χ1n) is 6.86. The maximum atomic E-state index is 12.0. The average Bonchev–Trinajstić information content (AvgIpc) is 2.88. The summed E-state index contributed by atoms with van der Waals surface area (Å²) >= 11 is 1.67. The van der Waals surface area contributed by atoms with Crippen molar-refractivity contribution in [3.63, 3.8) is 0 Å². The molecule has 0 aliphatic carbocycles. The molecule has 0 atom stereocenters. The molecule has 1 heterocycles. The second kappa shape index (κ2) is 7.10. The van der Waals surface area contributed by atoms with Crippen molar-refractivity contribution in [1.29, 1.82) is 0 Å². The third-order valence-electron chi connectivity index (χ3n) is 3.10. The van der Waals surface area contributed by atoms with E-state index in [0.717, 1.165) is 18.7 Å². The molecule has 2 N–H and O–H groups in total. The molecule has 2 rings (SSSR count). The van der Waals surface area contributed by atoms with Crippen molar-refractivity contribution < 1.29 is 4.79 Å². The molecular weight excluding hydrogens is 268 g/mol. The molecule has 3 nitrogen and oxygen atoms in total. The zero-order valence-corrected chi connectivity index (χ0v) is 12.7. The fourth-order valence-electron chi connectivity index (χ4n) is 1.86. The first kappa shape index (κ1) is 14.6. The summed E-state index contributed by atoms with van der Waals surface area (Å²) in [7, 11) is 0. The molecule has 0 unspecified atom stereocenters. The molecule has 0 saturated carbocycles. The van der Waals surface area contributed by atoms with E-state index in [1.165, 1.54) is 10.4 Å². The maximum absolute atomic E-state index is 12.0. The van der Waals surface area contributed by atoms with Gasteiger partial charge in [0.1, 0.15) is 0 Å². The Morgan fingerprint density at radius 3 is 2.55 bits per heavy atom. The summed E-state index contributed by atoms with van der Waals surface area (Å²) in [6.07, 6.45) is 1.09. The number of hydrogen-bond donors (Lipinski definition) is 2. The van der Waals surface area contributed by atoms with E-state index >= 15 is 0 Å². The van der Waals surface area contributed by atoms with Crippen LogP contribution in [0.2, 0.25) is 0 Å². The summed E-state index contributed by atoms with van der Waals surface area (Å²) in [4.78, 5) is 13.3. The quantitative estimate of drug-likeness (QED) is 0.848. The highest BCUT2D eigenvalue weighted by atomic mass is 32.1. The molecule has 106 valence electrons. The van der Waals surface area contributed by atoms with Crippen LogP contribution in [0.5, 0.6) is 0 Å². The van der Waals surface area contributed by atoms with Gasteiger partial charge in [-0.05, 0) is 54.6 Å². The number of hydrogen-bond acceptors (Lipinski definition) is 3. The smallest absolute Gasteiger partial charge is 0.251 e. The molecule has 1 aromatic heterocycles. The molecule has 2 aromatic rings. The van der Waals surface area contributed by atoms with Gasteiger partial charge in [0.2, 0.25) is 0 Å². The van der Waals surface area contributed by atoms with E-state index in [4.69, 9.17) is 0 Å². The summed E-state index contributed by atoms with van der Waals surface area (Å²) in [6, 6.07) is 9.67. The van der Waals surface area contributed by atoms with E-state index in [2.05, 4.69) is 30.5 Å². The molecule has 0 saturated heterocycles. The summed E-state index contributed by atoms with van der Waals surface area (Å²) < 4.78 is 0. The van der Waals surface area contributed by atoms with Gasteiger partial charge in [0.15, 0.2) is 0 Å². The van der Waals surface area contributed by atoms with Crippen LogP contribution < -0.4 is 10.6 Å². The Balaban J connectivity index is 1.90. The van der Waals surface area contributed by atoms with E-state index in [9.17, 15) is 4.79 Å². The van der Waals surface area contributed by atoms with Gasteiger partial charge in [0, 0.05) is 22.7 Å². The van der Waals surface area contributed by atoms with Crippen molar-refractivity contribution in [2.24, 2.45) is 0 Å². The van der Waals surface area contributed by atoms with Crippen molar-refractivity contribution in [3.05, 3.63) is 51.7 Å². The lowest BCUT2D eigenvalue weighted by molar-refractivity contribution is 0.0951. The number of benzene rings is 1. The largest absolute Gasteiger partial charge is 0.385 e. The number of carbonyl (C=O) groups excluding carboxylic acids is 1. The molecule has 1 aromatic carbocycles. The number of rotatable bonds is 6. The predicted octanol–water partition coefficient (Wildman–Crippen LogP) is 3.81. The SMILES string of the molecule is CCCNc1ccc(C(=O)NCc2sccc2C)cc1. The van der Waals surface area contributed by atoms with Crippen molar-refractivity contribution >= 4 is 22.9 Å². The second-order valence-corrected chi connectivity index (χ2v) is 5.71. The number of amides is 1. The Labute approximate surface area is 124 Å². The van der Waals surface area contributed by atoms with Gasteiger partial charge in [0.25, 0.3) is 5.91 Å². The van der Waals surface area contributed by atoms with Gasteiger partial charge in [-0.2, -0.15) is 0 Å². The first-order valence-corrected chi connectivity index (χ1v) is 7.73. The number of aryl methyl sites for hydroxylation is 1. The van der Waals surface area contributed by atoms with Gasteiger partial charge >= 0.3 is 0 Å². The van der Waals surface area contributed by atoms with Gasteiger partial charge < -0.3 is 10.6 Å². The number of anilines is 1. The first-order chi connectivity index (χ1) is 9.70. The van der Waals surface area contributed by atoms with E-state index in [1.807, 2.05) is 29.6 Å². The van der Waals surface area contributed by atoms with Gasteiger partial charge in [-0.15, -0.1) is 11.3 Å². The van der Waals surface area contributed by atoms with Gasteiger partial charge in [-0.3, -0.25) is 4.79 Å². The molecule has 20 heavy (non-hydrogen) atoms. The Morgan fingerprint density at radius 2 is 1.95 bits per heavy atom. The van der Waals surface area contributed by atoms with E-state index in [0.29, 0.717) is 12.1 Å². The summed E-state index contributed by atoms with van der Waals surface area (Å²) in [6.45, 7) is 5.73. The topological polar surface area (TPSA) is 41.1 Å².